The number of hydrogen-bond donors (Lipinski definition) is 3. The first kappa shape index (κ1) is 11.5. The van der Waals surface area contributed by atoms with E-state index >= 15 is 0 Å². The predicted octanol–water partition coefficient (Wildman–Crippen LogP) is 1.12. The van der Waals surface area contributed by atoms with Crippen molar-refractivity contribution < 1.29 is 9.90 Å². The minimum absolute atomic E-state index is 0.00605. The fourth-order valence-corrected chi connectivity index (χ4v) is 1.53. The van der Waals surface area contributed by atoms with Gasteiger partial charge in [-0.15, -0.1) is 0 Å². The van der Waals surface area contributed by atoms with Gasteiger partial charge in [0.25, 0.3) is 5.91 Å². The summed E-state index contributed by atoms with van der Waals surface area (Å²) in [5.41, 5.74) is 0.555. The van der Waals surface area contributed by atoms with Gasteiger partial charge in [-0.3, -0.25) is 4.79 Å². The summed E-state index contributed by atoms with van der Waals surface area (Å²) in [5, 5.41) is 11.4. The summed E-state index contributed by atoms with van der Waals surface area (Å²) < 4.78 is 1.00. The molecule has 1 unspecified atom stereocenters. The number of rotatable bonds is 4. The third kappa shape index (κ3) is 3.30. The van der Waals surface area contributed by atoms with Crippen LogP contribution in [0.25, 0.3) is 0 Å². The van der Waals surface area contributed by atoms with Gasteiger partial charge in [0, 0.05) is 22.4 Å². The zero-order chi connectivity index (χ0) is 10.6. The van der Waals surface area contributed by atoms with Crippen LogP contribution in [0.15, 0.2) is 12.3 Å². The van der Waals surface area contributed by atoms with Crippen LogP contribution in [0, 0.1) is 3.57 Å². The largest absolute Gasteiger partial charge is 0.396 e. The van der Waals surface area contributed by atoms with Crippen LogP contribution in [-0.2, 0) is 0 Å². The number of amides is 1. The molecule has 1 rings (SSSR count). The van der Waals surface area contributed by atoms with Crippen molar-refractivity contribution in [2.75, 3.05) is 6.61 Å². The lowest BCUT2D eigenvalue weighted by Gasteiger charge is -2.10. The summed E-state index contributed by atoms with van der Waals surface area (Å²) in [6.07, 6.45) is 2.34. The van der Waals surface area contributed by atoms with Crippen molar-refractivity contribution in [3.63, 3.8) is 0 Å². The molecule has 0 saturated carbocycles. The third-order valence-electron chi connectivity index (χ3n) is 1.83. The molecule has 14 heavy (non-hydrogen) atoms. The molecule has 1 amide bonds. The molecule has 1 heterocycles. The maximum Gasteiger partial charge on any atom is 0.267 e. The molecule has 0 fully saturated rings. The quantitative estimate of drug-likeness (QED) is 0.730. The SMILES string of the molecule is CC(CCO)NC(=O)c1cc(I)c[nH]1. The van der Waals surface area contributed by atoms with Crippen molar-refractivity contribution in [1.82, 2.24) is 10.3 Å². The van der Waals surface area contributed by atoms with Crippen molar-refractivity contribution in [2.24, 2.45) is 0 Å². The molecule has 5 heteroatoms. The van der Waals surface area contributed by atoms with Crippen molar-refractivity contribution in [1.29, 1.82) is 0 Å². The maximum absolute atomic E-state index is 11.5. The summed E-state index contributed by atoms with van der Waals surface area (Å²) in [6.45, 7) is 1.95. The number of H-pyrrole nitrogens is 1. The molecule has 1 atom stereocenters. The van der Waals surface area contributed by atoms with E-state index in [0.29, 0.717) is 12.1 Å². The number of nitrogens with one attached hydrogen (secondary N) is 2. The molecule has 78 valence electrons. The van der Waals surface area contributed by atoms with Gasteiger partial charge in [0.05, 0.1) is 0 Å². The summed E-state index contributed by atoms with van der Waals surface area (Å²) in [6, 6.07) is 1.77. The Morgan fingerprint density at radius 2 is 2.50 bits per heavy atom. The Kier molecular flexibility index (Phi) is 4.40. The zero-order valence-electron chi connectivity index (χ0n) is 7.88. The Morgan fingerprint density at radius 1 is 1.79 bits per heavy atom. The lowest BCUT2D eigenvalue weighted by atomic mass is 10.2. The van der Waals surface area contributed by atoms with Gasteiger partial charge in [0.15, 0.2) is 0 Å². The van der Waals surface area contributed by atoms with Crippen molar-refractivity contribution in [3.05, 3.63) is 21.5 Å². The average Bonchev–Trinajstić information content (AvgIpc) is 2.52. The van der Waals surface area contributed by atoms with Crippen LogP contribution in [0.2, 0.25) is 0 Å². The summed E-state index contributed by atoms with van der Waals surface area (Å²) in [7, 11) is 0. The standard InChI is InChI=1S/C9H13IN2O2/c1-6(2-3-13)12-9(14)8-4-7(10)5-11-8/h4-6,11,13H,2-3H2,1H3,(H,12,14). The molecule has 3 N–H and O–H groups in total. The van der Waals surface area contributed by atoms with E-state index in [-0.39, 0.29) is 18.6 Å². The minimum atomic E-state index is -0.131. The molecule has 0 radical (unpaired) electrons. The fraction of sp³-hybridized carbons (Fsp3) is 0.444. The third-order valence-corrected chi connectivity index (χ3v) is 2.45. The molecular formula is C9H13IN2O2. The molecule has 1 aromatic rings. The number of carbonyl (C=O) groups is 1. The van der Waals surface area contributed by atoms with Gasteiger partial charge < -0.3 is 15.4 Å². The average molecular weight is 308 g/mol. The second kappa shape index (κ2) is 5.35. The first-order valence-electron chi connectivity index (χ1n) is 4.39. The Bertz CT molecular complexity index is 312. The number of hydrogen-bond acceptors (Lipinski definition) is 2. The summed E-state index contributed by atoms with van der Waals surface area (Å²) >= 11 is 2.13. The Labute approximate surface area is 96.2 Å². The number of aliphatic hydroxyl groups excluding tert-OH is 1. The van der Waals surface area contributed by atoms with Gasteiger partial charge in [0.1, 0.15) is 5.69 Å². The highest BCUT2D eigenvalue weighted by Crippen LogP contribution is 2.06. The van der Waals surface area contributed by atoms with E-state index in [9.17, 15) is 4.79 Å². The molecular weight excluding hydrogens is 295 g/mol. The van der Waals surface area contributed by atoms with E-state index in [2.05, 4.69) is 32.9 Å². The van der Waals surface area contributed by atoms with E-state index in [1.54, 1.807) is 12.3 Å². The number of carbonyl (C=O) groups excluding carboxylic acids is 1. The zero-order valence-corrected chi connectivity index (χ0v) is 10.0. The van der Waals surface area contributed by atoms with Gasteiger partial charge in [-0.25, -0.2) is 0 Å². The highest BCUT2D eigenvalue weighted by atomic mass is 127. The lowest BCUT2D eigenvalue weighted by Crippen LogP contribution is -2.33. The summed E-state index contributed by atoms with van der Waals surface area (Å²) in [5.74, 6) is -0.131. The van der Waals surface area contributed by atoms with Crippen molar-refractivity contribution in [3.8, 4) is 0 Å². The normalized spacial score (nSPS) is 12.5. The van der Waals surface area contributed by atoms with E-state index in [1.807, 2.05) is 6.92 Å². The second-order valence-electron chi connectivity index (χ2n) is 3.12. The second-order valence-corrected chi connectivity index (χ2v) is 4.36. The topological polar surface area (TPSA) is 65.1 Å². The van der Waals surface area contributed by atoms with Gasteiger partial charge in [0.2, 0.25) is 0 Å². The van der Waals surface area contributed by atoms with Crippen LogP contribution in [-0.4, -0.2) is 28.6 Å². The van der Waals surface area contributed by atoms with Crippen LogP contribution in [0.5, 0.6) is 0 Å². The Balaban J connectivity index is 2.50. The Hall–Kier alpha value is -0.560. The number of aromatic nitrogens is 1. The van der Waals surface area contributed by atoms with Crippen molar-refractivity contribution in [2.45, 2.75) is 19.4 Å². The molecule has 0 aliphatic rings. The highest BCUT2D eigenvalue weighted by molar-refractivity contribution is 14.1. The molecule has 0 aromatic carbocycles. The molecule has 1 aromatic heterocycles. The minimum Gasteiger partial charge on any atom is -0.396 e. The van der Waals surface area contributed by atoms with E-state index < -0.39 is 0 Å². The molecule has 0 saturated heterocycles. The molecule has 0 aliphatic heterocycles. The highest BCUT2D eigenvalue weighted by Gasteiger charge is 2.10. The Morgan fingerprint density at radius 3 is 3.00 bits per heavy atom. The first-order valence-corrected chi connectivity index (χ1v) is 5.47. The van der Waals surface area contributed by atoms with Crippen LogP contribution in [0.4, 0.5) is 0 Å². The van der Waals surface area contributed by atoms with E-state index in [1.165, 1.54) is 0 Å². The maximum atomic E-state index is 11.5. The fourth-order valence-electron chi connectivity index (χ4n) is 1.07. The first-order chi connectivity index (χ1) is 6.63. The number of aromatic amines is 1. The van der Waals surface area contributed by atoms with Gasteiger partial charge in [-0.2, -0.15) is 0 Å². The monoisotopic (exact) mass is 308 g/mol. The van der Waals surface area contributed by atoms with Gasteiger partial charge in [-0.05, 0) is 42.0 Å². The summed E-state index contributed by atoms with van der Waals surface area (Å²) in [4.78, 5) is 14.4. The predicted molar refractivity (Wildman–Crippen MR) is 62.1 cm³/mol. The molecule has 0 spiro atoms. The van der Waals surface area contributed by atoms with Crippen LogP contribution in [0.1, 0.15) is 23.8 Å². The smallest absolute Gasteiger partial charge is 0.267 e. The molecule has 0 bridgehead atoms. The van der Waals surface area contributed by atoms with Crippen LogP contribution >= 0.6 is 22.6 Å². The van der Waals surface area contributed by atoms with Crippen LogP contribution < -0.4 is 5.32 Å². The number of halogens is 1. The van der Waals surface area contributed by atoms with Crippen molar-refractivity contribution >= 4 is 28.5 Å². The van der Waals surface area contributed by atoms with Gasteiger partial charge in [-0.1, -0.05) is 0 Å². The lowest BCUT2D eigenvalue weighted by molar-refractivity contribution is 0.0930. The molecule has 4 nitrogen and oxygen atoms in total. The van der Waals surface area contributed by atoms with E-state index in [0.717, 1.165) is 3.57 Å². The van der Waals surface area contributed by atoms with Crippen LogP contribution in [0.3, 0.4) is 0 Å². The van der Waals surface area contributed by atoms with Gasteiger partial charge >= 0.3 is 0 Å². The number of aliphatic hydroxyl groups is 1. The van der Waals surface area contributed by atoms with E-state index in [4.69, 9.17) is 5.11 Å². The molecule has 0 aliphatic carbocycles.